The molecule has 0 heterocycles. The van der Waals surface area contributed by atoms with E-state index >= 15 is 0 Å². The van der Waals surface area contributed by atoms with Crippen molar-refractivity contribution in [2.24, 2.45) is 0 Å². The zero-order chi connectivity index (χ0) is 13.4. The number of nitrogens with zero attached hydrogens (tertiary/aromatic N) is 1. The number of carbonyl (C=O) groups is 1. The summed E-state index contributed by atoms with van der Waals surface area (Å²) < 4.78 is 9.72. The van der Waals surface area contributed by atoms with E-state index in [4.69, 9.17) is 9.84 Å². The van der Waals surface area contributed by atoms with Gasteiger partial charge in [-0.25, -0.2) is 4.79 Å². The van der Waals surface area contributed by atoms with Gasteiger partial charge in [0.2, 0.25) is 0 Å². The van der Waals surface area contributed by atoms with Gasteiger partial charge in [0.15, 0.2) is 6.61 Å². The van der Waals surface area contributed by atoms with Gasteiger partial charge in [-0.05, 0) is 31.2 Å². The summed E-state index contributed by atoms with van der Waals surface area (Å²) in [5.74, 6) is 0.239. The quantitative estimate of drug-likeness (QED) is 0.571. The number of aliphatic hydroxyl groups is 1. The van der Waals surface area contributed by atoms with Crippen LogP contribution in [-0.2, 0) is 16.0 Å². The van der Waals surface area contributed by atoms with Gasteiger partial charge < -0.3 is 14.6 Å². The van der Waals surface area contributed by atoms with Crippen LogP contribution in [0, 0.1) is 0 Å². The molecule has 1 rings (SSSR count). The number of likely N-dealkylation sites (N-methyl/N-ethyl adjacent to an activating group) is 1. The average molecular weight is 253 g/mol. The highest BCUT2D eigenvalue weighted by Crippen LogP contribution is 2.12. The van der Waals surface area contributed by atoms with Crippen LogP contribution < -0.4 is 4.74 Å². The van der Waals surface area contributed by atoms with Crippen LogP contribution in [0.3, 0.4) is 0 Å². The minimum Gasteiger partial charge on any atom is -0.482 e. The number of benzene rings is 1. The number of hydrogen-bond donors (Lipinski definition) is 1. The van der Waals surface area contributed by atoms with E-state index in [1.165, 1.54) is 7.11 Å². The fraction of sp³-hybridized carbons (Fsp3) is 0.462. The molecule has 0 bridgehead atoms. The summed E-state index contributed by atoms with van der Waals surface area (Å²) in [7, 11) is 3.18. The third-order valence-corrected chi connectivity index (χ3v) is 2.53. The zero-order valence-electron chi connectivity index (χ0n) is 10.8. The summed E-state index contributed by atoms with van der Waals surface area (Å²) in [4.78, 5) is 12.7. The van der Waals surface area contributed by atoms with Gasteiger partial charge in [-0.15, -0.1) is 0 Å². The molecule has 100 valence electrons. The summed E-state index contributed by atoms with van der Waals surface area (Å²) in [6, 6.07) is 7.52. The van der Waals surface area contributed by atoms with Crippen molar-refractivity contribution in [2.45, 2.75) is 6.42 Å². The summed E-state index contributed by atoms with van der Waals surface area (Å²) in [5, 5.41) is 8.86. The zero-order valence-corrected chi connectivity index (χ0v) is 10.8. The Kier molecular flexibility index (Phi) is 6.18. The van der Waals surface area contributed by atoms with Crippen molar-refractivity contribution < 1.29 is 19.4 Å². The van der Waals surface area contributed by atoms with E-state index in [9.17, 15) is 4.79 Å². The van der Waals surface area contributed by atoms with Crippen LogP contribution in [0.15, 0.2) is 24.3 Å². The fourth-order valence-electron chi connectivity index (χ4n) is 1.34. The van der Waals surface area contributed by atoms with E-state index in [1.807, 2.05) is 36.2 Å². The first kappa shape index (κ1) is 14.5. The number of aliphatic hydroxyl groups excluding tert-OH is 1. The first-order valence-electron chi connectivity index (χ1n) is 5.73. The van der Waals surface area contributed by atoms with Crippen molar-refractivity contribution >= 4 is 5.97 Å². The lowest BCUT2D eigenvalue weighted by Gasteiger charge is -2.12. The molecular weight excluding hydrogens is 234 g/mol. The van der Waals surface area contributed by atoms with Crippen LogP contribution in [0.2, 0.25) is 0 Å². The fourth-order valence-corrected chi connectivity index (χ4v) is 1.34. The topological polar surface area (TPSA) is 59.0 Å². The predicted molar refractivity (Wildman–Crippen MR) is 67.4 cm³/mol. The number of methoxy groups -OCH3 is 1. The van der Waals surface area contributed by atoms with Crippen LogP contribution in [0.1, 0.15) is 5.56 Å². The third-order valence-electron chi connectivity index (χ3n) is 2.53. The van der Waals surface area contributed by atoms with Crippen LogP contribution in [-0.4, -0.2) is 50.0 Å². The molecular formula is C13H19NO4. The van der Waals surface area contributed by atoms with E-state index in [0.29, 0.717) is 5.75 Å². The van der Waals surface area contributed by atoms with Crippen LogP contribution in [0.25, 0.3) is 0 Å². The molecule has 5 heteroatoms. The van der Waals surface area contributed by atoms with Gasteiger partial charge in [0.25, 0.3) is 0 Å². The molecule has 0 atom stereocenters. The summed E-state index contributed by atoms with van der Waals surface area (Å²) >= 11 is 0. The Labute approximate surface area is 107 Å². The average Bonchev–Trinajstić information content (AvgIpc) is 2.43. The van der Waals surface area contributed by atoms with E-state index in [0.717, 1.165) is 18.5 Å². The lowest BCUT2D eigenvalue weighted by atomic mass is 10.1. The van der Waals surface area contributed by atoms with Crippen LogP contribution >= 0.6 is 0 Å². The van der Waals surface area contributed by atoms with Crippen molar-refractivity contribution in [3.05, 3.63) is 29.8 Å². The molecule has 0 aliphatic heterocycles. The molecule has 0 saturated carbocycles. The molecule has 1 N–H and O–H groups in total. The van der Waals surface area contributed by atoms with E-state index in [1.54, 1.807) is 0 Å². The number of carbonyl (C=O) groups excluding carboxylic acids is 1. The van der Waals surface area contributed by atoms with Crippen LogP contribution in [0.4, 0.5) is 0 Å². The number of rotatable bonds is 7. The summed E-state index contributed by atoms with van der Waals surface area (Å²) in [5.41, 5.74) is 1.15. The van der Waals surface area contributed by atoms with Gasteiger partial charge in [-0.2, -0.15) is 0 Å². The molecule has 0 unspecified atom stereocenters. The molecule has 1 aromatic rings. The molecule has 1 aromatic carbocycles. The standard InChI is InChI=1S/C13H19NO4/c1-14(10-15)8-7-11-3-5-12(6-4-11)18-9-13(16)17-2/h3-6,15H,7-10H2,1-2H3. The first-order valence-corrected chi connectivity index (χ1v) is 5.73. The van der Waals surface area contributed by atoms with E-state index in [2.05, 4.69) is 4.74 Å². The van der Waals surface area contributed by atoms with Crippen LogP contribution in [0.5, 0.6) is 5.75 Å². The van der Waals surface area contributed by atoms with Gasteiger partial charge in [0, 0.05) is 6.54 Å². The summed E-state index contributed by atoms with van der Waals surface area (Å²) in [6.07, 6.45) is 0.855. The van der Waals surface area contributed by atoms with Gasteiger partial charge in [-0.1, -0.05) is 12.1 Å². The smallest absolute Gasteiger partial charge is 0.343 e. The largest absolute Gasteiger partial charge is 0.482 e. The lowest BCUT2D eigenvalue weighted by molar-refractivity contribution is -0.142. The molecule has 0 aliphatic carbocycles. The first-order chi connectivity index (χ1) is 8.65. The Hall–Kier alpha value is -1.59. The molecule has 5 nitrogen and oxygen atoms in total. The van der Waals surface area contributed by atoms with E-state index in [-0.39, 0.29) is 13.3 Å². The molecule has 0 aromatic heterocycles. The Balaban J connectivity index is 2.40. The highest BCUT2D eigenvalue weighted by Gasteiger charge is 2.02. The van der Waals surface area contributed by atoms with Gasteiger partial charge in [-0.3, -0.25) is 4.90 Å². The Bertz CT molecular complexity index is 364. The Morgan fingerprint density at radius 3 is 2.56 bits per heavy atom. The lowest BCUT2D eigenvalue weighted by Crippen LogP contribution is -2.21. The van der Waals surface area contributed by atoms with Crippen molar-refractivity contribution in [1.29, 1.82) is 0 Å². The minimum atomic E-state index is -0.399. The maximum absolute atomic E-state index is 10.9. The Morgan fingerprint density at radius 2 is 2.00 bits per heavy atom. The monoisotopic (exact) mass is 253 g/mol. The molecule has 18 heavy (non-hydrogen) atoms. The van der Waals surface area contributed by atoms with Gasteiger partial charge in [0.05, 0.1) is 13.8 Å². The molecule has 0 fully saturated rings. The third kappa shape index (κ3) is 5.16. The highest BCUT2D eigenvalue weighted by molar-refractivity contribution is 5.70. The molecule has 0 amide bonds. The van der Waals surface area contributed by atoms with Crippen molar-refractivity contribution in [3.8, 4) is 5.75 Å². The SMILES string of the molecule is COC(=O)COc1ccc(CCN(C)CO)cc1. The maximum atomic E-state index is 10.9. The number of esters is 1. The molecule has 0 spiro atoms. The van der Waals surface area contributed by atoms with Gasteiger partial charge >= 0.3 is 5.97 Å². The second-order valence-corrected chi connectivity index (χ2v) is 3.98. The van der Waals surface area contributed by atoms with Crippen molar-refractivity contribution in [2.75, 3.05) is 34.0 Å². The van der Waals surface area contributed by atoms with Crippen molar-refractivity contribution in [3.63, 3.8) is 0 Å². The minimum absolute atomic E-state index is 0.0559. The maximum Gasteiger partial charge on any atom is 0.343 e. The number of hydrogen-bond acceptors (Lipinski definition) is 5. The summed E-state index contributed by atoms with van der Waals surface area (Å²) in [6.45, 7) is 0.766. The molecule has 0 radical (unpaired) electrons. The normalized spacial score (nSPS) is 10.4. The Morgan fingerprint density at radius 1 is 1.33 bits per heavy atom. The van der Waals surface area contributed by atoms with E-state index < -0.39 is 5.97 Å². The second-order valence-electron chi connectivity index (χ2n) is 3.98. The predicted octanol–water partition coefficient (Wildman–Crippen LogP) is 0.662. The highest BCUT2D eigenvalue weighted by atomic mass is 16.6. The van der Waals surface area contributed by atoms with Gasteiger partial charge in [0.1, 0.15) is 5.75 Å². The molecule has 0 saturated heterocycles. The second kappa shape index (κ2) is 7.68. The number of ether oxygens (including phenoxy) is 2. The molecule has 0 aliphatic rings. The van der Waals surface area contributed by atoms with Crippen molar-refractivity contribution in [1.82, 2.24) is 4.90 Å².